The van der Waals surface area contributed by atoms with Crippen LogP contribution in [0.3, 0.4) is 0 Å². The highest BCUT2D eigenvalue weighted by molar-refractivity contribution is 5.93. The Morgan fingerprint density at radius 2 is 2.00 bits per heavy atom. The zero-order valence-electron chi connectivity index (χ0n) is 10.6. The SMILES string of the molecule is CC(C)N=C(NN)Nc1ccc2c(c1)OCCO2. The van der Waals surface area contributed by atoms with Gasteiger partial charge < -0.3 is 14.8 Å². The third-order valence-electron chi connectivity index (χ3n) is 2.33. The van der Waals surface area contributed by atoms with Crippen molar-refractivity contribution in [2.75, 3.05) is 18.5 Å². The van der Waals surface area contributed by atoms with E-state index in [0.717, 1.165) is 17.2 Å². The van der Waals surface area contributed by atoms with Gasteiger partial charge in [0.1, 0.15) is 13.2 Å². The van der Waals surface area contributed by atoms with Crippen molar-refractivity contribution in [2.45, 2.75) is 19.9 Å². The summed E-state index contributed by atoms with van der Waals surface area (Å²) in [7, 11) is 0. The van der Waals surface area contributed by atoms with E-state index in [1.165, 1.54) is 0 Å². The lowest BCUT2D eigenvalue weighted by Crippen LogP contribution is -2.37. The number of ether oxygens (including phenoxy) is 2. The molecule has 0 fully saturated rings. The summed E-state index contributed by atoms with van der Waals surface area (Å²) >= 11 is 0. The van der Waals surface area contributed by atoms with Gasteiger partial charge in [0, 0.05) is 17.8 Å². The van der Waals surface area contributed by atoms with Gasteiger partial charge in [-0.1, -0.05) is 0 Å². The third kappa shape index (κ3) is 3.04. The first kappa shape index (κ1) is 12.5. The Kier molecular flexibility index (Phi) is 3.88. The van der Waals surface area contributed by atoms with Gasteiger partial charge in [-0.05, 0) is 26.0 Å². The number of rotatable bonds is 2. The minimum Gasteiger partial charge on any atom is -0.486 e. The minimum absolute atomic E-state index is 0.153. The molecule has 0 saturated carbocycles. The first-order valence-corrected chi connectivity index (χ1v) is 5.90. The molecule has 1 aromatic carbocycles. The number of anilines is 1. The summed E-state index contributed by atoms with van der Waals surface area (Å²) in [5.41, 5.74) is 3.37. The van der Waals surface area contributed by atoms with Crippen molar-refractivity contribution in [3.05, 3.63) is 18.2 Å². The van der Waals surface area contributed by atoms with E-state index in [1.807, 2.05) is 32.0 Å². The molecule has 0 aliphatic carbocycles. The van der Waals surface area contributed by atoms with Crippen molar-refractivity contribution in [3.63, 3.8) is 0 Å². The molecule has 1 aliphatic rings. The summed E-state index contributed by atoms with van der Waals surface area (Å²) in [5.74, 6) is 7.41. The quantitative estimate of drug-likeness (QED) is 0.317. The highest BCUT2D eigenvalue weighted by Crippen LogP contribution is 2.32. The van der Waals surface area contributed by atoms with Crippen LogP contribution >= 0.6 is 0 Å². The fourth-order valence-corrected chi connectivity index (χ4v) is 1.62. The van der Waals surface area contributed by atoms with E-state index < -0.39 is 0 Å². The molecule has 6 nitrogen and oxygen atoms in total. The molecule has 1 aromatic rings. The van der Waals surface area contributed by atoms with Crippen LogP contribution in [0, 0.1) is 0 Å². The number of aliphatic imine (C=N–C) groups is 1. The van der Waals surface area contributed by atoms with Crippen LogP contribution < -0.4 is 26.1 Å². The fourth-order valence-electron chi connectivity index (χ4n) is 1.62. The molecule has 0 atom stereocenters. The Hall–Kier alpha value is -1.95. The van der Waals surface area contributed by atoms with E-state index in [0.29, 0.717) is 19.2 Å². The van der Waals surface area contributed by atoms with Crippen molar-refractivity contribution >= 4 is 11.6 Å². The molecule has 0 radical (unpaired) electrons. The molecule has 0 saturated heterocycles. The van der Waals surface area contributed by atoms with Crippen LogP contribution in [0.2, 0.25) is 0 Å². The van der Waals surface area contributed by atoms with Gasteiger partial charge in [-0.25, -0.2) is 10.8 Å². The van der Waals surface area contributed by atoms with Crippen LogP contribution in [-0.4, -0.2) is 25.2 Å². The number of benzene rings is 1. The molecule has 98 valence electrons. The normalized spacial score (nSPS) is 14.6. The fraction of sp³-hybridized carbons (Fsp3) is 0.417. The molecule has 0 unspecified atom stereocenters. The van der Waals surface area contributed by atoms with Crippen molar-refractivity contribution in [1.82, 2.24) is 5.43 Å². The number of hydrogen-bond donors (Lipinski definition) is 3. The lowest BCUT2D eigenvalue weighted by molar-refractivity contribution is 0.171. The molecular formula is C12H18N4O2. The van der Waals surface area contributed by atoms with E-state index in [2.05, 4.69) is 15.7 Å². The predicted octanol–water partition coefficient (Wildman–Crippen LogP) is 1.10. The summed E-state index contributed by atoms with van der Waals surface area (Å²) in [6.07, 6.45) is 0. The van der Waals surface area contributed by atoms with Crippen LogP contribution in [0.4, 0.5) is 5.69 Å². The van der Waals surface area contributed by atoms with Gasteiger partial charge in [-0.15, -0.1) is 0 Å². The minimum atomic E-state index is 0.153. The molecular weight excluding hydrogens is 232 g/mol. The van der Waals surface area contributed by atoms with E-state index in [1.54, 1.807) is 0 Å². The van der Waals surface area contributed by atoms with Crippen LogP contribution in [0.1, 0.15) is 13.8 Å². The lowest BCUT2D eigenvalue weighted by atomic mass is 10.2. The number of hydrazine groups is 1. The zero-order chi connectivity index (χ0) is 13.0. The maximum Gasteiger partial charge on any atom is 0.210 e. The molecule has 0 spiro atoms. The topological polar surface area (TPSA) is 80.9 Å². The molecule has 6 heteroatoms. The number of fused-ring (bicyclic) bond motifs is 1. The Labute approximate surface area is 106 Å². The number of hydrogen-bond acceptors (Lipinski definition) is 4. The third-order valence-corrected chi connectivity index (χ3v) is 2.33. The monoisotopic (exact) mass is 250 g/mol. The van der Waals surface area contributed by atoms with Crippen LogP contribution in [-0.2, 0) is 0 Å². The average Bonchev–Trinajstić information content (AvgIpc) is 2.37. The number of nitrogens with one attached hydrogen (secondary N) is 2. The number of nitrogens with two attached hydrogens (primary N) is 1. The second kappa shape index (κ2) is 5.59. The Morgan fingerprint density at radius 3 is 2.67 bits per heavy atom. The Bertz CT molecular complexity index is 446. The summed E-state index contributed by atoms with van der Waals surface area (Å²) in [6.45, 7) is 5.11. The highest BCUT2D eigenvalue weighted by atomic mass is 16.6. The molecule has 0 amide bonds. The maximum atomic E-state index is 5.50. The summed E-state index contributed by atoms with van der Waals surface area (Å²) in [6, 6.07) is 5.77. The van der Waals surface area contributed by atoms with Gasteiger partial charge in [0.2, 0.25) is 5.96 Å². The standard InChI is InChI=1S/C12H18N4O2/c1-8(2)14-12(16-13)15-9-3-4-10-11(7-9)18-6-5-17-10/h3-4,7-8H,5-6,13H2,1-2H3,(H2,14,15,16). The van der Waals surface area contributed by atoms with Crippen molar-refractivity contribution < 1.29 is 9.47 Å². The molecule has 0 aromatic heterocycles. The summed E-state index contributed by atoms with van der Waals surface area (Å²) in [5, 5.41) is 3.09. The highest BCUT2D eigenvalue weighted by Gasteiger charge is 2.12. The number of nitrogens with zero attached hydrogens (tertiary/aromatic N) is 1. The molecule has 18 heavy (non-hydrogen) atoms. The molecule has 1 heterocycles. The molecule has 4 N–H and O–H groups in total. The van der Waals surface area contributed by atoms with E-state index in [-0.39, 0.29) is 6.04 Å². The van der Waals surface area contributed by atoms with Gasteiger partial charge in [-0.2, -0.15) is 0 Å². The van der Waals surface area contributed by atoms with Gasteiger partial charge in [0.15, 0.2) is 11.5 Å². The van der Waals surface area contributed by atoms with Crippen molar-refractivity contribution in [1.29, 1.82) is 0 Å². The number of guanidine groups is 1. The average molecular weight is 250 g/mol. The Balaban J connectivity index is 2.14. The smallest absolute Gasteiger partial charge is 0.210 e. The van der Waals surface area contributed by atoms with Crippen molar-refractivity contribution in [2.24, 2.45) is 10.8 Å². The summed E-state index contributed by atoms with van der Waals surface area (Å²) < 4.78 is 11.0. The van der Waals surface area contributed by atoms with Crippen LogP contribution in [0.25, 0.3) is 0 Å². The van der Waals surface area contributed by atoms with Crippen molar-refractivity contribution in [3.8, 4) is 11.5 Å². The first-order valence-electron chi connectivity index (χ1n) is 5.90. The van der Waals surface area contributed by atoms with Gasteiger partial charge in [-0.3, -0.25) is 5.43 Å². The second-order valence-corrected chi connectivity index (χ2v) is 4.20. The van der Waals surface area contributed by atoms with Gasteiger partial charge in [0.05, 0.1) is 0 Å². The van der Waals surface area contributed by atoms with E-state index in [9.17, 15) is 0 Å². The van der Waals surface area contributed by atoms with E-state index in [4.69, 9.17) is 15.3 Å². The van der Waals surface area contributed by atoms with Crippen LogP contribution in [0.15, 0.2) is 23.2 Å². The summed E-state index contributed by atoms with van der Waals surface area (Å²) in [4.78, 5) is 4.30. The molecule has 1 aliphatic heterocycles. The second-order valence-electron chi connectivity index (χ2n) is 4.20. The van der Waals surface area contributed by atoms with Gasteiger partial charge >= 0.3 is 0 Å². The lowest BCUT2D eigenvalue weighted by Gasteiger charge is -2.19. The largest absolute Gasteiger partial charge is 0.486 e. The molecule has 0 bridgehead atoms. The predicted molar refractivity (Wildman–Crippen MR) is 70.9 cm³/mol. The molecule has 2 rings (SSSR count). The van der Waals surface area contributed by atoms with Crippen LogP contribution in [0.5, 0.6) is 11.5 Å². The zero-order valence-corrected chi connectivity index (χ0v) is 10.6. The van der Waals surface area contributed by atoms with Gasteiger partial charge in [0.25, 0.3) is 0 Å². The van der Waals surface area contributed by atoms with E-state index >= 15 is 0 Å². The first-order chi connectivity index (χ1) is 8.69. The Morgan fingerprint density at radius 1 is 1.28 bits per heavy atom. The maximum absolute atomic E-state index is 5.50.